The Morgan fingerprint density at radius 2 is 1.64 bits per heavy atom. The first kappa shape index (κ1) is 24.6. The molecule has 8 nitrogen and oxygen atoms in total. The highest BCUT2D eigenvalue weighted by Gasteiger charge is 2.23. The minimum Gasteiger partial charge on any atom is -0.458 e. The summed E-state index contributed by atoms with van der Waals surface area (Å²) in [5.41, 5.74) is 3.22. The van der Waals surface area contributed by atoms with Crippen molar-refractivity contribution in [3.63, 3.8) is 0 Å². The number of sulfonamides is 1. The number of esters is 1. The third-order valence-corrected chi connectivity index (χ3v) is 7.08. The first-order chi connectivity index (χ1) is 15.6. The fraction of sp³-hybridized carbons (Fsp3) is 0.261. The Hall–Kier alpha value is -3.08. The van der Waals surface area contributed by atoms with E-state index in [-0.39, 0.29) is 23.8 Å². The first-order valence-electron chi connectivity index (χ1n) is 10.2. The number of nitrogens with one attached hydrogen (secondary N) is 2. The van der Waals surface area contributed by atoms with Crippen LogP contribution in [0.5, 0.6) is 0 Å². The van der Waals surface area contributed by atoms with Crippen molar-refractivity contribution in [2.45, 2.75) is 44.7 Å². The Morgan fingerprint density at radius 1 is 1.03 bits per heavy atom. The minimum absolute atomic E-state index is 0.0702. The molecule has 0 aliphatic carbocycles. The van der Waals surface area contributed by atoms with Crippen LogP contribution in [0.25, 0.3) is 0 Å². The van der Waals surface area contributed by atoms with Gasteiger partial charge in [0.25, 0.3) is 0 Å². The molecule has 2 N–H and O–H groups in total. The number of carbonyl (C=O) groups excluding carboxylic acids is 2. The molecule has 1 heterocycles. The molecular formula is C23H25N3O5S2. The summed E-state index contributed by atoms with van der Waals surface area (Å²) in [5.74, 6) is -0.923. The van der Waals surface area contributed by atoms with Gasteiger partial charge in [-0.1, -0.05) is 35.4 Å². The zero-order valence-electron chi connectivity index (χ0n) is 18.5. The Labute approximate surface area is 197 Å². The summed E-state index contributed by atoms with van der Waals surface area (Å²) in [6, 6.07) is 12.7. The second-order valence-electron chi connectivity index (χ2n) is 7.59. The van der Waals surface area contributed by atoms with Crippen LogP contribution in [0.2, 0.25) is 0 Å². The van der Waals surface area contributed by atoms with E-state index in [2.05, 4.69) is 15.0 Å². The molecule has 10 heteroatoms. The second kappa shape index (κ2) is 10.7. The van der Waals surface area contributed by atoms with Crippen LogP contribution in [0.15, 0.2) is 58.8 Å². The number of carbonyl (C=O) groups is 2. The molecule has 0 bridgehead atoms. The van der Waals surface area contributed by atoms with E-state index in [9.17, 15) is 18.0 Å². The average Bonchev–Trinajstić information content (AvgIpc) is 3.20. The van der Waals surface area contributed by atoms with E-state index >= 15 is 0 Å². The molecule has 1 atom stereocenters. The molecule has 0 aliphatic rings. The number of ether oxygens (including phenoxy) is 1. The number of thiazole rings is 1. The van der Waals surface area contributed by atoms with Crippen molar-refractivity contribution < 1.29 is 22.7 Å². The van der Waals surface area contributed by atoms with Crippen LogP contribution >= 0.6 is 11.3 Å². The van der Waals surface area contributed by atoms with Gasteiger partial charge in [-0.05, 0) is 45.0 Å². The summed E-state index contributed by atoms with van der Waals surface area (Å²) in [4.78, 5) is 28.8. The van der Waals surface area contributed by atoms with E-state index in [0.29, 0.717) is 16.4 Å². The summed E-state index contributed by atoms with van der Waals surface area (Å²) >= 11 is 1.28. The maximum atomic E-state index is 12.4. The Kier molecular flexibility index (Phi) is 7.96. The molecule has 174 valence electrons. The summed E-state index contributed by atoms with van der Waals surface area (Å²) < 4.78 is 32.3. The normalized spacial score (nSPS) is 12.2. The predicted molar refractivity (Wildman–Crippen MR) is 126 cm³/mol. The van der Waals surface area contributed by atoms with Crippen LogP contribution in [0, 0.1) is 13.8 Å². The van der Waals surface area contributed by atoms with E-state index in [1.807, 2.05) is 38.1 Å². The monoisotopic (exact) mass is 487 g/mol. The molecule has 0 saturated carbocycles. The van der Waals surface area contributed by atoms with Crippen LogP contribution in [-0.4, -0.2) is 31.3 Å². The van der Waals surface area contributed by atoms with Gasteiger partial charge in [0.1, 0.15) is 17.7 Å². The van der Waals surface area contributed by atoms with Crippen molar-refractivity contribution in [2.24, 2.45) is 0 Å². The average molecular weight is 488 g/mol. The van der Waals surface area contributed by atoms with Gasteiger partial charge in [-0.3, -0.25) is 9.59 Å². The molecule has 0 unspecified atom stereocenters. The minimum atomic E-state index is -3.85. The number of rotatable bonds is 9. The zero-order valence-corrected chi connectivity index (χ0v) is 20.1. The van der Waals surface area contributed by atoms with Crippen LogP contribution < -0.4 is 10.0 Å². The Bertz CT molecular complexity index is 1220. The molecule has 1 aromatic heterocycles. The van der Waals surface area contributed by atoms with Crippen molar-refractivity contribution in [2.75, 3.05) is 5.32 Å². The lowest BCUT2D eigenvalue weighted by atomic mass is 10.2. The van der Waals surface area contributed by atoms with Crippen LogP contribution in [-0.2, 0) is 37.4 Å². The molecule has 0 spiro atoms. The molecule has 1 amide bonds. The molecule has 0 aliphatic heterocycles. The molecule has 33 heavy (non-hydrogen) atoms. The van der Waals surface area contributed by atoms with E-state index in [1.165, 1.54) is 30.4 Å². The number of aromatic nitrogens is 1. The lowest BCUT2D eigenvalue weighted by molar-refractivity contribution is -0.146. The molecule has 0 fully saturated rings. The number of hydrogen-bond donors (Lipinski definition) is 2. The van der Waals surface area contributed by atoms with Gasteiger partial charge in [-0.15, -0.1) is 11.3 Å². The predicted octanol–water partition coefficient (Wildman–Crippen LogP) is 3.35. The van der Waals surface area contributed by atoms with Gasteiger partial charge in [-0.25, -0.2) is 13.4 Å². The number of nitrogens with zero attached hydrogens (tertiary/aromatic N) is 1. The van der Waals surface area contributed by atoms with Crippen molar-refractivity contribution >= 4 is 38.9 Å². The molecule has 2 aromatic carbocycles. The summed E-state index contributed by atoms with van der Waals surface area (Å²) in [5, 5.41) is 5.09. The van der Waals surface area contributed by atoms with Gasteiger partial charge in [0.15, 0.2) is 0 Å². The first-order valence-corrected chi connectivity index (χ1v) is 12.5. The summed E-state index contributed by atoms with van der Waals surface area (Å²) in [6.07, 6.45) is 0.0965. The lowest BCUT2D eigenvalue weighted by Gasteiger charge is -2.13. The van der Waals surface area contributed by atoms with Crippen molar-refractivity contribution in [1.29, 1.82) is 0 Å². The smallest absolute Gasteiger partial charge is 0.324 e. The summed E-state index contributed by atoms with van der Waals surface area (Å²) in [6.45, 7) is 5.11. The number of anilines is 1. The topological polar surface area (TPSA) is 114 Å². The SMILES string of the molecule is Cc1ccc(NC(=O)Cc2nc(COC(=O)[C@@H](C)NS(=O)(=O)c3ccc(C)cc3)cs2)cc1. The van der Waals surface area contributed by atoms with Crippen molar-refractivity contribution in [3.05, 3.63) is 75.7 Å². The largest absolute Gasteiger partial charge is 0.458 e. The maximum absolute atomic E-state index is 12.4. The zero-order chi connectivity index (χ0) is 24.0. The third-order valence-electron chi connectivity index (χ3n) is 4.63. The van der Waals surface area contributed by atoms with Gasteiger partial charge < -0.3 is 10.1 Å². The van der Waals surface area contributed by atoms with Crippen LogP contribution in [0.1, 0.15) is 28.8 Å². The molecule has 0 radical (unpaired) electrons. The number of hydrogen-bond acceptors (Lipinski definition) is 7. The van der Waals surface area contributed by atoms with Gasteiger partial charge in [0.05, 0.1) is 17.0 Å². The maximum Gasteiger partial charge on any atom is 0.324 e. The van der Waals surface area contributed by atoms with Crippen LogP contribution in [0.4, 0.5) is 5.69 Å². The van der Waals surface area contributed by atoms with Crippen LogP contribution in [0.3, 0.4) is 0 Å². The second-order valence-corrected chi connectivity index (χ2v) is 10.2. The molecular weight excluding hydrogens is 462 g/mol. The van der Waals surface area contributed by atoms with E-state index in [4.69, 9.17) is 4.74 Å². The highest BCUT2D eigenvalue weighted by molar-refractivity contribution is 7.89. The van der Waals surface area contributed by atoms with Crippen molar-refractivity contribution in [1.82, 2.24) is 9.71 Å². The van der Waals surface area contributed by atoms with Gasteiger partial charge >= 0.3 is 5.97 Å². The number of benzene rings is 2. The quantitative estimate of drug-likeness (QED) is 0.448. The standard InChI is InChI=1S/C23H25N3O5S2/c1-15-4-8-18(9-5-15)24-21(27)12-22-25-19(14-32-22)13-31-23(28)17(3)26-33(29,30)20-10-6-16(2)7-11-20/h4-11,14,17,26H,12-13H2,1-3H3,(H,24,27)/t17-/m1/s1. The fourth-order valence-electron chi connectivity index (χ4n) is 2.81. The highest BCUT2D eigenvalue weighted by Crippen LogP contribution is 2.15. The van der Waals surface area contributed by atoms with Gasteiger partial charge in [0.2, 0.25) is 15.9 Å². The summed E-state index contributed by atoms with van der Waals surface area (Å²) in [7, 11) is -3.85. The van der Waals surface area contributed by atoms with Gasteiger partial charge in [-0.2, -0.15) is 4.72 Å². The number of aryl methyl sites for hydroxylation is 2. The number of amides is 1. The molecule has 0 saturated heterocycles. The van der Waals surface area contributed by atoms with Crippen molar-refractivity contribution in [3.8, 4) is 0 Å². The van der Waals surface area contributed by atoms with Gasteiger partial charge in [0, 0.05) is 11.1 Å². The fourth-order valence-corrected chi connectivity index (χ4v) is 4.78. The molecule has 3 aromatic rings. The lowest BCUT2D eigenvalue weighted by Crippen LogP contribution is -2.39. The van der Waals surface area contributed by atoms with E-state index in [1.54, 1.807) is 17.5 Å². The Balaban J connectivity index is 1.48. The Morgan fingerprint density at radius 3 is 2.27 bits per heavy atom. The van der Waals surface area contributed by atoms with E-state index < -0.39 is 22.0 Å². The molecule has 3 rings (SSSR count). The van der Waals surface area contributed by atoms with E-state index in [0.717, 1.165) is 11.1 Å². The third kappa shape index (κ3) is 7.21. The highest BCUT2D eigenvalue weighted by atomic mass is 32.2.